The Labute approximate surface area is 467 Å². The summed E-state index contributed by atoms with van der Waals surface area (Å²) in [4.78, 5) is 51.2. The van der Waals surface area contributed by atoms with E-state index in [9.17, 15) is 34.5 Å². The van der Waals surface area contributed by atoms with Gasteiger partial charge >= 0.3 is 23.9 Å². The molecule has 0 amide bonds. The monoisotopic (exact) mass is 1080 g/mol. The molecule has 440 valence electrons. The van der Waals surface area contributed by atoms with Gasteiger partial charge in [0, 0.05) is 19.3 Å². The Bertz CT molecular complexity index is 1660. The zero-order valence-corrected chi connectivity index (χ0v) is 48.4. The summed E-state index contributed by atoms with van der Waals surface area (Å²) in [6.45, 7) is 5.79. The van der Waals surface area contributed by atoms with Gasteiger partial charge < -0.3 is 39.0 Å². The maximum atomic E-state index is 13.2. The van der Waals surface area contributed by atoms with Gasteiger partial charge in [-0.05, 0) is 109 Å². The van der Waals surface area contributed by atoms with Crippen LogP contribution < -0.4 is 0 Å². The normalized spacial score (nSPS) is 18.6. The lowest BCUT2D eigenvalue weighted by Gasteiger charge is -2.40. The van der Waals surface area contributed by atoms with Crippen LogP contribution in [0.2, 0.25) is 0 Å². The second-order valence-corrected chi connectivity index (χ2v) is 20.6. The van der Waals surface area contributed by atoms with E-state index in [1.54, 1.807) is 0 Å². The number of unbranched alkanes of at least 4 members (excludes halogenated alkanes) is 23. The number of aliphatic hydroxyl groups is 2. The van der Waals surface area contributed by atoms with E-state index >= 15 is 0 Å². The lowest BCUT2D eigenvalue weighted by molar-refractivity contribution is -0.301. The van der Waals surface area contributed by atoms with Crippen LogP contribution in [0, 0.1) is 0 Å². The molecule has 0 aromatic heterocycles. The number of aliphatic hydroxyl groups excluding tert-OH is 2. The van der Waals surface area contributed by atoms with E-state index in [2.05, 4.69) is 106 Å². The minimum Gasteiger partial charge on any atom is -0.479 e. The Morgan fingerprint density at radius 1 is 0.442 bits per heavy atom. The molecule has 12 nitrogen and oxygen atoms in total. The second kappa shape index (κ2) is 52.6. The van der Waals surface area contributed by atoms with Crippen LogP contribution in [-0.2, 0) is 42.9 Å². The van der Waals surface area contributed by atoms with Gasteiger partial charge in [0.25, 0.3) is 0 Å². The Hall–Kier alpha value is -4.10. The fraction of sp³-hybridized carbons (Fsp3) is 0.723. The van der Waals surface area contributed by atoms with E-state index < -0.39 is 67.3 Å². The largest absolute Gasteiger partial charge is 0.479 e. The number of carbonyl (C=O) groups is 4. The number of aliphatic carboxylic acids is 1. The third-order valence-electron chi connectivity index (χ3n) is 13.4. The topological polar surface area (TPSA) is 175 Å². The summed E-state index contributed by atoms with van der Waals surface area (Å²) >= 11 is 0. The highest BCUT2D eigenvalue weighted by Crippen LogP contribution is 2.26. The first-order chi connectivity index (χ1) is 37.6. The first-order valence-electron chi connectivity index (χ1n) is 30.6. The van der Waals surface area contributed by atoms with E-state index in [4.69, 9.17) is 23.7 Å². The SMILES string of the molecule is CC/C=C\C/C=C\C/C=C\C/C=C\CCCCCCCCC(=O)OCC(COC1OC(C(=O)O)C(O)C(O)C1OC(=O)CCCCCCC/C=C\C/C=C\CCC)OC(=O)CCCCCCC/C=C\CCCCCCCC. The molecular formula is C65H108O12. The van der Waals surface area contributed by atoms with Crippen LogP contribution in [0.4, 0.5) is 0 Å². The van der Waals surface area contributed by atoms with Crippen molar-refractivity contribution in [2.45, 2.75) is 289 Å². The summed E-state index contributed by atoms with van der Waals surface area (Å²) in [6, 6.07) is 0. The fourth-order valence-corrected chi connectivity index (χ4v) is 8.74. The summed E-state index contributed by atoms with van der Waals surface area (Å²) < 4.78 is 28.4. The number of ether oxygens (including phenoxy) is 5. The van der Waals surface area contributed by atoms with E-state index in [1.165, 1.54) is 38.5 Å². The fourth-order valence-electron chi connectivity index (χ4n) is 8.74. The van der Waals surface area contributed by atoms with Gasteiger partial charge in [-0.3, -0.25) is 14.4 Å². The van der Waals surface area contributed by atoms with Gasteiger partial charge in [0.1, 0.15) is 18.8 Å². The maximum Gasteiger partial charge on any atom is 0.335 e. The van der Waals surface area contributed by atoms with E-state index in [1.807, 2.05) is 0 Å². The van der Waals surface area contributed by atoms with Crippen LogP contribution in [0.3, 0.4) is 0 Å². The number of hydrogen-bond donors (Lipinski definition) is 3. The number of hydrogen-bond acceptors (Lipinski definition) is 11. The van der Waals surface area contributed by atoms with Crippen molar-refractivity contribution < 1.29 is 58.2 Å². The van der Waals surface area contributed by atoms with Crippen molar-refractivity contribution in [2.75, 3.05) is 13.2 Å². The molecule has 3 N–H and O–H groups in total. The van der Waals surface area contributed by atoms with Gasteiger partial charge in [0.15, 0.2) is 24.6 Å². The number of esters is 3. The molecule has 0 aliphatic carbocycles. The first kappa shape index (κ1) is 70.9. The van der Waals surface area contributed by atoms with Crippen molar-refractivity contribution in [3.63, 3.8) is 0 Å². The molecule has 0 aromatic carbocycles. The molecule has 77 heavy (non-hydrogen) atoms. The molecule has 0 aromatic rings. The average molecular weight is 1080 g/mol. The van der Waals surface area contributed by atoms with Crippen molar-refractivity contribution in [1.82, 2.24) is 0 Å². The molecule has 1 fully saturated rings. The van der Waals surface area contributed by atoms with Gasteiger partial charge in [-0.1, -0.05) is 209 Å². The lowest BCUT2D eigenvalue weighted by Crippen LogP contribution is -2.61. The van der Waals surface area contributed by atoms with Crippen LogP contribution in [0.5, 0.6) is 0 Å². The molecule has 0 radical (unpaired) electrons. The Morgan fingerprint density at radius 2 is 0.844 bits per heavy atom. The molecule has 1 heterocycles. The highest BCUT2D eigenvalue weighted by atomic mass is 16.7. The minimum atomic E-state index is -1.91. The maximum absolute atomic E-state index is 13.2. The van der Waals surface area contributed by atoms with E-state index in [0.29, 0.717) is 19.3 Å². The summed E-state index contributed by atoms with van der Waals surface area (Å²) in [7, 11) is 0. The van der Waals surface area contributed by atoms with Crippen LogP contribution >= 0.6 is 0 Å². The third-order valence-corrected chi connectivity index (χ3v) is 13.4. The standard InChI is InChI=1S/C65H108O12/c1-4-7-10-13-16-19-22-25-27-28-29-30-32-34-36-39-42-45-48-51-57(66)73-54-56(75-58(67)52-49-46-43-40-38-35-31-26-23-20-17-14-11-8-5-2)55-74-65-63(61(70)60(69)62(77-65)64(71)72)76-59(68)53-50-47-44-41-37-33-24-21-18-15-12-9-6-3/h7,10,12,15-16,19,21,24-27,29-31,56,60-63,65,69-70H,4-6,8-9,11,13-14,17-18,20,22-23,28,32-55H2,1-3H3,(H,71,72)/b10-7-,15-12-,19-16-,24-21-,27-25-,30-29-,31-26-. The van der Waals surface area contributed by atoms with E-state index in [-0.39, 0.29) is 25.9 Å². The van der Waals surface area contributed by atoms with Crippen molar-refractivity contribution in [3.05, 3.63) is 85.1 Å². The number of carboxylic acid groups (broad SMARTS) is 1. The van der Waals surface area contributed by atoms with E-state index in [0.717, 1.165) is 154 Å². The minimum absolute atomic E-state index is 0.0393. The molecule has 6 unspecified atom stereocenters. The van der Waals surface area contributed by atoms with Crippen molar-refractivity contribution in [1.29, 1.82) is 0 Å². The summed E-state index contributed by atoms with van der Waals surface area (Å²) in [6.07, 6.45) is 55.5. The quantitative estimate of drug-likeness (QED) is 0.0228. The van der Waals surface area contributed by atoms with Gasteiger partial charge in [-0.2, -0.15) is 0 Å². The van der Waals surface area contributed by atoms with Crippen LogP contribution in [0.1, 0.15) is 252 Å². The summed E-state index contributed by atoms with van der Waals surface area (Å²) in [5.41, 5.74) is 0. The number of carbonyl (C=O) groups excluding carboxylic acids is 3. The van der Waals surface area contributed by atoms with Gasteiger partial charge in [-0.15, -0.1) is 0 Å². The van der Waals surface area contributed by atoms with Gasteiger partial charge in [-0.25, -0.2) is 4.79 Å². The number of carboxylic acids is 1. The predicted molar refractivity (Wildman–Crippen MR) is 312 cm³/mol. The number of rotatable bonds is 51. The molecule has 0 spiro atoms. The zero-order valence-electron chi connectivity index (χ0n) is 48.4. The first-order valence-corrected chi connectivity index (χ1v) is 30.6. The van der Waals surface area contributed by atoms with Gasteiger partial charge in [0.05, 0.1) is 6.61 Å². The molecule has 12 heteroatoms. The van der Waals surface area contributed by atoms with Crippen LogP contribution in [0.15, 0.2) is 85.1 Å². The highest BCUT2D eigenvalue weighted by molar-refractivity contribution is 5.74. The van der Waals surface area contributed by atoms with Crippen molar-refractivity contribution in [2.24, 2.45) is 0 Å². The van der Waals surface area contributed by atoms with Crippen LogP contribution in [-0.4, -0.2) is 89.2 Å². The lowest BCUT2D eigenvalue weighted by atomic mass is 9.98. The molecule has 0 saturated carbocycles. The molecular weight excluding hydrogens is 973 g/mol. The Kier molecular flexibility index (Phi) is 48.4. The zero-order chi connectivity index (χ0) is 56.1. The molecule has 1 aliphatic heterocycles. The molecule has 6 atom stereocenters. The molecule has 1 rings (SSSR count). The number of allylic oxidation sites excluding steroid dienone is 14. The summed E-state index contributed by atoms with van der Waals surface area (Å²) in [5.74, 6) is -3.17. The molecule has 0 bridgehead atoms. The summed E-state index contributed by atoms with van der Waals surface area (Å²) in [5, 5.41) is 31.5. The molecule has 1 aliphatic rings. The van der Waals surface area contributed by atoms with Crippen molar-refractivity contribution >= 4 is 23.9 Å². The smallest absolute Gasteiger partial charge is 0.335 e. The highest BCUT2D eigenvalue weighted by Gasteiger charge is 2.50. The average Bonchev–Trinajstić information content (AvgIpc) is 3.42. The van der Waals surface area contributed by atoms with Gasteiger partial charge in [0.2, 0.25) is 0 Å². The van der Waals surface area contributed by atoms with Crippen molar-refractivity contribution in [3.8, 4) is 0 Å². The Morgan fingerprint density at radius 3 is 1.31 bits per heavy atom. The van der Waals surface area contributed by atoms with Crippen LogP contribution in [0.25, 0.3) is 0 Å². The Balaban J connectivity index is 2.70. The molecule has 1 saturated heterocycles. The third kappa shape index (κ3) is 42.5. The predicted octanol–water partition coefficient (Wildman–Crippen LogP) is 15.9. The second-order valence-electron chi connectivity index (χ2n) is 20.6.